The van der Waals surface area contributed by atoms with E-state index >= 15 is 0 Å². The Bertz CT molecular complexity index is 902. The number of ether oxygens (including phenoxy) is 2. The molecule has 8 nitrogen and oxygen atoms in total. The van der Waals surface area contributed by atoms with Gasteiger partial charge in [-0.1, -0.05) is 44.6 Å². The highest BCUT2D eigenvalue weighted by Crippen LogP contribution is 2.58. The van der Waals surface area contributed by atoms with Gasteiger partial charge in [0, 0.05) is 12.6 Å². The van der Waals surface area contributed by atoms with Crippen LogP contribution in [0.5, 0.6) is 0 Å². The summed E-state index contributed by atoms with van der Waals surface area (Å²) in [5.74, 6) is -2.75. The molecule has 35 heavy (non-hydrogen) atoms. The Morgan fingerprint density at radius 2 is 1.83 bits per heavy atom. The standard InChI is InChI=1S/C27H40N2O6/c1-5-12-18(3)28-15-11-14-27-20(23(31)29(19(4)17-30)22(27)24(28)32)21-25(33)34-16-10-8-7-9-13-26(21,6-2)35-27/h9,11,13-14,18-22,30H,5-8,10,12,15-17H2,1-4H3/b13-9-/t18?,19-,20+,21-,22?,26+,27+/m1/s1. The van der Waals surface area contributed by atoms with Crippen molar-refractivity contribution >= 4 is 17.8 Å². The first-order valence-electron chi connectivity index (χ1n) is 13.2. The average Bonchev–Trinajstić information content (AvgIpc) is 3.20. The minimum atomic E-state index is -1.31. The number of carbonyl (C=O) groups is 3. The molecule has 2 fully saturated rings. The van der Waals surface area contributed by atoms with Crippen LogP contribution in [0.15, 0.2) is 24.3 Å². The topological polar surface area (TPSA) is 96.4 Å². The zero-order chi connectivity index (χ0) is 25.4. The maximum Gasteiger partial charge on any atom is 0.313 e. The van der Waals surface area contributed by atoms with E-state index in [2.05, 4.69) is 6.92 Å². The zero-order valence-corrected chi connectivity index (χ0v) is 21.4. The minimum Gasteiger partial charge on any atom is -0.465 e. The highest BCUT2D eigenvalue weighted by Gasteiger charge is 2.75. The van der Waals surface area contributed by atoms with Crippen LogP contribution in [0.25, 0.3) is 0 Å². The Kier molecular flexibility index (Phi) is 7.44. The van der Waals surface area contributed by atoms with Crippen LogP contribution in [0.4, 0.5) is 0 Å². The third-order valence-electron chi connectivity index (χ3n) is 8.33. The quantitative estimate of drug-likeness (QED) is 0.456. The lowest BCUT2D eigenvalue weighted by Crippen LogP contribution is -2.59. The van der Waals surface area contributed by atoms with E-state index in [4.69, 9.17) is 9.47 Å². The highest BCUT2D eigenvalue weighted by atomic mass is 16.6. The summed E-state index contributed by atoms with van der Waals surface area (Å²) in [5.41, 5.74) is -2.35. The number of hydrogen-bond donors (Lipinski definition) is 1. The van der Waals surface area contributed by atoms with Crippen molar-refractivity contribution in [3.05, 3.63) is 24.3 Å². The Morgan fingerprint density at radius 1 is 1.06 bits per heavy atom. The van der Waals surface area contributed by atoms with Gasteiger partial charge in [0.1, 0.15) is 23.2 Å². The molecule has 7 atom stereocenters. The van der Waals surface area contributed by atoms with Crippen LogP contribution >= 0.6 is 0 Å². The maximum absolute atomic E-state index is 14.2. The van der Waals surface area contributed by atoms with Crippen LogP contribution in [-0.4, -0.2) is 81.8 Å². The van der Waals surface area contributed by atoms with Gasteiger partial charge in [-0.05, 0) is 46.0 Å². The molecule has 0 aromatic rings. The summed E-state index contributed by atoms with van der Waals surface area (Å²) in [6, 6.07) is -1.57. The summed E-state index contributed by atoms with van der Waals surface area (Å²) in [6.45, 7) is 8.19. The molecule has 4 aliphatic rings. The van der Waals surface area contributed by atoms with Crippen LogP contribution < -0.4 is 0 Å². The number of cyclic esters (lactones) is 1. The molecule has 8 heteroatoms. The lowest BCUT2D eigenvalue weighted by Gasteiger charge is -2.41. The van der Waals surface area contributed by atoms with E-state index in [0.29, 0.717) is 19.6 Å². The van der Waals surface area contributed by atoms with E-state index in [1.165, 1.54) is 4.90 Å². The maximum atomic E-state index is 14.2. The summed E-state index contributed by atoms with van der Waals surface area (Å²) in [5, 5.41) is 10.0. The van der Waals surface area contributed by atoms with Crippen molar-refractivity contribution in [3.63, 3.8) is 0 Å². The van der Waals surface area contributed by atoms with Crippen molar-refractivity contribution < 1.29 is 29.0 Å². The van der Waals surface area contributed by atoms with Gasteiger partial charge in [-0.25, -0.2) is 0 Å². The first kappa shape index (κ1) is 25.9. The number of amides is 2. The number of rotatable bonds is 6. The molecule has 194 valence electrons. The third kappa shape index (κ3) is 4.02. The SMILES string of the molecule is CCCC(C)N1CC=C[C@]23O[C@@]4(CC)/C=C\CCCCOC(=O)[C@H]4[C@H]2C(=O)N([C@H](C)CO)C3C1=O. The largest absolute Gasteiger partial charge is 0.465 e. The van der Waals surface area contributed by atoms with Crippen molar-refractivity contribution in [2.45, 2.75) is 95.5 Å². The van der Waals surface area contributed by atoms with Gasteiger partial charge in [-0.3, -0.25) is 14.4 Å². The predicted molar refractivity (Wildman–Crippen MR) is 130 cm³/mol. The van der Waals surface area contributed by atoms with E-state index in [-0.39, 0.29) is 24.5 Å². The van der Waals surface area contributed by atoms with Crippen molar-refractivity contribution in [3.8, 4) is 0 Å². The van der Waals surface area contributed by atoms with Gasteiger partial charge < -0.3 is 24.4 Å². The summed E-state index contributed by atoms with van der Waals surface area (Å²) < 4.78 is 12.6. The van der Waals surface area contributed by atoms with Gasteiger partial charge >= 0.3 is 5.97 Å². The number of carbonyl (C=O) groups excluding carboxylic acids is 3. The van der Waals surface area contributed by atoms with Crippen LogP contribution in [0, 0.1) is 11.8 Å². The number of fused-ring (bicyclic) bond motifs is 2. The van der Waals surface area contributed by atoms with Gasteiger partial charge in [0.25, 0.3) is 0 Å². The third-order valence-corrected chi connectivity index (χ3v) is 8.33. The molecule has 1 spiro atoms. The van der Waals surface area contributed by atoms with Crippen molar-refractivity contribution in [2.75, 3.05) is 19.8 Å². The van der Waals surface area contributed by atoms with Crippen LogP contribution in [0.1, 0.15) is 66.2 Å². The number of hydrogen-bond acceptors (Lipinski definition) is 6. The van der Waals surface area contributed by atoms with Crippen LogP contribution in [0.3, 0.4) is 0 Å². The zero-order valence-electron chi connectivity index (χ0n) is 21.4. The van der Waals surface area contributed by atoms with Crippen molar-refractivity contribution in [2.24, 2.45) is 11.8 Å². The molecule has 1 N–H and O–H groups in total. The van der Waals surface area contributed by atoms with E-state index in [1.807, 2.05) is 38.2 Å². The first-order chi connectivity index (χ1) is 16.8. The Balaban J connectivity index is 1.89. The van der Waals surface area contributed by atoms with E-state index in [0.717, 1.165) is 32.1 Å². The van der Waals surface area contributed by atoms with E-state index < -0.39 is 41.1 Å². The van der Waals surface area contributed by atoms with Gasteiger partial charge in [0.15, 0.2) is 0 Å². The lowest BCUT2D eigenvalue weighted by molar-refractivity contribution is -0.163. The van der Waals surface area contributed by atoms with Crippen molar-refractivity contribution in [1.82, 2.24) is 9.80 Å². The van der Waals surface area contributed by atoms with Gasteiger partial charge in [-0.2, -0.15) is 0 Å². The summed E-state index contributed by atoms with van der Waals surface area (Å²) >= 11 is 0. The van der Waals surface area contributed by atoms with Gasteiger partial charge in [-0.15, -0.1) is 0 Å². The molecule has 0 saturated carbocycles. The van der Waals surface area contributed by atoms with E-state index in [9.17, 15) is 19.5 Å². The second kappa shape index (κ2) is 10.1. The molecule has 2 saturated heterocycles. The Labute approximate surface area is 208 Å². The second-order valence-electron chi connectivity index (χ2n) is 10.5. The smallest absolute Gasteiger partial charge is 0.313 e. The summed E-state index contributed by atoms with van der Waals surface area (Å²) in [4.78, 5) is 45.1. The summed E-state index contributed by atoms with van der Waals surface area (Å²) in [6.07, 6.45) is 12.4. The first-order valence-corrected chi connectivity index (χ1v) is 13.2. The van der Waals surface area contributed by atoms with Crippen LogP contribution in [0.2, 0.25) is 0 Å². The Morgan fingerprint density at radius 3 is 2.51 bits per heavy atom. The fraction of sp³-hybridized carbons (Fsp3) is 0.741. The Hall–Kier alpha value is -2.19. The fourth-order valence-electron chi connectivity index (χ4n) is 6.53. The number of esters is 1. The molecule has 4 aliphatic heterocycles. The van der Waals surface area contributed by atoms with E-state index in [1.54, 1.807) is 11.8 Å². The average molecular weight is 489 g/mol. The molecular weight excluding hydrogens is 448 g/mol. The molecule has 2 unspecified atom stereocenters. The molecular formula is C27H40N2O6. The molecule has 4 rings (SSSR count). The molecule has 0 aromatic heterocycles. The molecule has 0 bridgehead atoms. The monoisotopic (exact) mass is 488 g/mol. The number of aliphatic hydroxyl groups is 1. The number of allylic oxidation sites excluding steroid dienone is 1. The number of nitrogens with zero attached hydrogens (tertiary/aromatic N) is 2. The second-order valence-corrected chi connectivity index (χ2v) is 10.5. The highest BCUT2D eigenvalue weighted by molar-refractivity contribution is 5.99. The summed E-state index contributed by atoms with van der Waals surface area (Å²) in [7, 11) is 0. The molecule has 0 aromatic carbocycles. The predicted octanol–water partition coefficient (Wildman–Crippen LogP) is 2.60. The lowest BCUT2D eigenvalue weighted by atomic mass is 9.73. The van der Waals surface area contributed by atoms with Gasteiger partial charge in [0.05, 0.1) is 25.2 Å². The van der Waals surface area contributed by atoms with Crippen LogP contribution in [-0.2, 0) is 23.9 Å². The molecule has 0 aliphatic carbocycles. The minimum absolute atomic E-state index is 0.0140. The molecule has 2 amide bonds. The fourth-order valence-corrected chi connectivity index (χ4v) is 6.53. The van der Waals surface area contributed by atoms with Gasteiger partial charge in [0.2, 0.25) is 11.8 Å². The number of aliphatic hydroxyl groups excluding tert-OH is 1. The molecule has 4 heterocycles. The number of likely N-dealkylation sites (tertiary alicyclic amines) is 1. The van der Waals surface area contributed by atoms with Crippen molar-refractivity contribution in [1.29, 1.82) is 0 Å². The normalized spacial score (nSPS) is 37.7. The molecule has 0 radical (unpaired) electrons.